The van der Waals surface area contributed by atoms with Crippen molar-refractivity contribution in [2.75, 3.05) is 0 Å². The first kappa shape index (κ1) is 15.2. The minimum Gasteiger partial charge on any atom is -0.391 e. The molecule has 0 heterocycles. The molecule has 0 saturated heterocycles. The fourth-order valence-electron chi connectivity index (χ4n) is 2.15. The van der Waals surface area contributed by atoms with E-state index in [4.69, 9.17) is 18.0 Å². The molecule has 0 saturated carbocycles. The summed E-state index contributed by atoms with van der Waals surface area (Å²) in [4.78, 5) is 12.7. The molecule has 3 nitrogen and oxygen atoms in total. The van der Waals surface area contributed by atoms with E-state index in [1.165, 1.54) is 0 Å². The molecule has 0 aliphatic carbocycles. The van der Waals surface area contributed by atoms with Crippen LogP contribution in [0, 0.1) is 13.8 Å². The van der Waals surface area contributed by atoms with Gasteiger partial charge in [-0.15, -0.1) is 0 Å². The molecule has 2 aromatic carbocycles. The molecule has 1 unspecified atom stereocenters. The molecule has 4 heteroatoms. The Kier molecular flexibility index (Phi) is 4.70. The number of hydrogen-bond acceptors (Lipinski definition) is 2. The Morgan fingerprint density at radius 1 is 1.14 bits per heavy atom. The minimum absolute atomic E-state index is 0.169. The average molecular weight is 298 g/mol. The van der Waals surface area contributed by atoms with Crippen LogP contribution in [-0.4, -0.2) is 10.9 Å². The summed E-state index contributed by atoms with van der Waals surface area (Å²) in [6.07, 6.45) is 0. The number of aryl methyl sites for hydroxylation is 2. The van der Waals surface area contributed by atoms with Crippen LogP contribution in [0.3, 0.4) is 0 Å². The third-order valence-corrected chi connectivity index (χ3v) is 3.57. The summed E-state index contributed by atoms with van der Waals surface area (Å²) in [5.41, 5.74) is 9.27. The van der Waals surface area contributed by atoms with E-state index in [1.54, 1.807) is 0 Å². The van der Waals surface area contributed by atoms with E-state index in [0.29, 0.717) is 5.56 Å². The number of nitrogens with two attached hydrogens (primary N) is 1. The lowest BCUT2D eigenvalue weighted by atomic mass is 10.0. The topological polar surface area (TPSA) is 55.1 Å². The van der Waals surface area contributed by atoms with Crippen molar-refractivity contribution in [1.29, 1.82) is 0 Å². The van der Waals surface area contributed by atoms with E-state index in [0.717, 1.165) is 16.7 Å². The number of carbonyl (C=O) groups excluding carboxylic acids is 1. The molecule has 0 radical (unpaired) electrons. The van der Waals surface area contributed by atoms with Crippen LogP contribution in [0.15, 0.2) is 48.5 Å². The number of nitrogens with one attached hydrogen (secondary N) is 1. The maximum atomic E-state index is 12.5. The maximum absolute atomic E-state index is 12.5. The Morgan fingerprint density at radius 2 is 1.81 bits per heavy atom. The number of amides is 1. The number of benzene rings is 2. The smallest absolute Gasteiger partial charge is 0.252 e. The average Bonchev–Trinajstić information content (AvgIpc) is 2.47. The van der Waals surface area contributed by atoms with Gasteiger partial charge in [0.2, 0.25) is 0 Å². The van der Waals surface area contributed by atoms with Crippen LogP contribution in [0.1, 0.15) is 33.1 Å². The van der Waals surface area contributed by atoms with Crippen LogP contribution in [0.2, 0.25) is 0 Å². The SMILES string of the molecule is Cc1ccc(C)c(C(=O)NC(C(N)=S)c2ccccc2)c1. The lowest BCUT2D eigenvalue weighted by Crippen LogP contribution is -2.36. The van der Waals surface area contributed by atoms with Gasteiger partial charge in [-0.05, 0) is 31.0 Å². The van der Waals surface area contributed by atoms with Crippen molar-refractivity contribution in [2.45, 2.75) is 19.9 Å². The molecule has 2 rings (SSSR count). The van der Waals surface area contributed by atoms with Crippen molar-refractivity contribution in [1.82, 2.24) is 5.32 Å². The second kappa shape index (κ2) is 6.50. The molecule has 2 aromatic rings. The van der Waals surface area contributed by atoms with Gasteiger partial charge in [-0.25, -0.2) is 0 Å². The van der Waals surface area contributed by atoms with Crippen LogP contribution in [0.4, 0.5) is 0 Å². The predicted molar refractivity (Wildman–Crippen MR) is 89.4 cm³/mol. The number of hydrogen-bond donors (Lipinski definition) is 2. The highest BCUT2D eigenvalue weighted by molar-refractivity contribution is 7.80. The first-order valence-electron chi connectivity index (χ1n) is 6.71. The van der Waals surface area contributed by atoms with Crippen LogP contribution < -0.4 is 11.1 Å². The monoisotopic (exact) mass is 298 g/mol. The fourth-order valence-corrected chi connectivity index (χ4v) is 2.35. The zero-order chi connectivity index (χ0) is 15.4. The lowest BCUT2D eigenvalue weighted by Gasteiger charge is -2.18. The summed E-state index contributed by atoms with van der Waals surface area (Å²) in [7, 11) is 0. The van der Waals surface area contributed by atoms with Gasteiger partial charge >= 0.3 is 0 Å². The molecule has 0 aliphatic rings. The van der Waals surface area contributed by atoms with Gasteiger partial charge in [-0.3, -0.25) is 4.79 Å². The molecule has 0 spiro atoms. The first-order chi connectivity index (χ1) is 9.99. The van der Waals surface area contributed by atoms with Crippen molar-refractivity contribution < 1.29 is 4.79 Å². The molecular formula is C17H18N2OS. The highest BCUT2D eigenvalue weighted by atomic mass is 32.1. The summed E-state index contributed by atoms with van der Waals surface area (Å²) in [5.74, 6) is -0.169. The number of thiocarbonyl (C=S) groups is 1. The molecule has 0 fully saturated rings. The highest BCUT2D eigenvalue weighted by Crippen LogP contribution is 2.16. The Labute approximate surface area is 130 Å². The molecule has 21 heavy (non-hydrogen) atoms. The fraction of sp³-hybridized carbons (Fsp3) is 0.176. The Balaban J connectivity index is 2.27. The zero-order valence-electron chi connectivity index (χ0n) is 12.1. The zero-order valence-corrected chi connectivity index (χ0v) is 12.9. The molecule has 0 bridgehead atoms. The summed E-state index contributed by atoms with van der Waals surface area (Å²) in [6.45, 7) is 3.87. The van der Waals surface area contributed by atoms with Gasteiger partial charge in [0.05, 0.1) is 0 Å². The molecule has 0 aromatic heterocycles. The van der Waals surface area contributed by atoms with Gasteiger partial charge in [0.25, 0.3) is 5.91 Å². The van der Waals surface area contributed by atoms with Gasteiger partial charge in [0, 0.05) is 5.56 Å². The Morgan fingerprint density at radius 3 is 2.43 bits per heavy atom. The van der Waals surface area contributed by atoms with Crippen LogP contribution >= 0.6 is 12.2 Å². The summed E-state index contributed by atoms with van der Waals surface area (Å²) in [5, 5.41) is 2.91. The van der Waals surface area contributed by atoms with Gasteiger partial charge in [-0.1, -0.05) is 60.2 Å². The normalized spacial score (nSPS) is 11.7. The van der Waals surface area contributed by atoms with E-state index < -0.39 is 6.04 Å². The largest absolute Gasteiger partial charge is 0.391 e. The predicted octanol–water partition coefficient (Wildman–Crippen LogP) is 3.06. The van der Waals surface area contributed by atoms with Gasteiger partial charge in [0.1, 0.15) is 11.0 Å². The van der Waals surface area contributed by atoms with Crippen LogP contribution in [0.5, 0.6) is 0 Å². The van der Waals surface area contributed by atoms with Gasteiger partial charge in [-0.2, -0.15) is 0 Å². The van der Waals surface area contributed by atoms with Gasteiger partial charge < -0.3 is 11.1 Å². The van der Waals surface area contributed by atoms with Crippen molar-refractivity contribution >= 4 is 23.1 Å². The molecule has 1 atom stereocenters. The standard InChI is InChI=1S/C17H18N2OS/c1-11-8-9-12(2)14(10-11)17(20)19-15(16(18)21)13-6-4-3-5-7-13/h3-10,15H,1-2H3,(H2,18,21)(H,19,20). The van der Waals surface area contributed by atoms with E-state index in [-0.39, 0.29) is 10.9 Å². The number of carbonyl (C=O) groups is 1. The molecule has 1 amide bonds. The van der Waals surface area contributed by atoms with Crippen molar-refractivity contribution in [3.63, 3.8) is 0 Å². The highest BCUT2D eigenvalue weighted by Gasteiger charge is 2.19. The molecular weight excluding hydrogens is 280 g/mol. The first-order valence-corrected chi connectivity index (χ1v) is 7.12. The quantitative estimate of drug-likeness (QED) is 0.853. The van der Waals surface area contributed by atoms with Crippen molar-refractivity contribution in [3.05, 3.63) is 70.8 Å². The lowest BCUT2D eigenvalue weighted by molar-refractivity contribution is 0.0946. The molecule has 0 aliphatic heterocycles. The van der Waals surface area contributed by atoms with Crippen molar-refractivity contribution in [3.8, 4) is 0 Å². The summed E-state index contributed by atoms with van der Waals surface area (Å²) < 4.78 is 0. The van der Waals surface area contributed by atoms with Crippen molar-refractivity contribution in [2.24, 2.45) is 5.73 Å². The van der Waals surface area contributed by atoms with E-state index in [1.807, 2.05) is 62.4 Å². The van der Waals surface area contributed by atoms with Gasteiger partial charge in [0.15, 0.2) is 0 Å². The molecule has 3 N–H and O–H groups in total. The maximum Gasteiger partial charge on any atom is 0.252 e. The summed E-state index contributed by atoms with van der Waals surface area (Å²) in [6, 6.07) is 14.8. The molecule has 108 valence electrons. The Hall–Kier alpha value is -2.20. The minimum atomic E-state index is -0.464. The third-order valence-electron chi connectivity index (χ3n) is 3.33. The second-order valence-electron chi connectivity index (χ2n) is 5.04. The summed E-state index contributed by atoms with van der Waals surface area (Å²) >= 11 is 5.09. The second-order valence-corrected chi connectivity index (χ2v) is 5.51. The van der Waals surface area contributed by atoms with Crippen LogP contribution in [-0.2, 0) is 0 Å². The van der Waals surface area contributed by atoms with E-state index in [9.17, 15) is 4.79 Å². The van der Waals surface area contributed by atoms with E-state index in [2.05, 4.69) is 5.32 Å². The number of rotatable bonds is 4. The van der Waals surface area contributed by atoms with Crippen LogP contribution in [0.25, 0.3) is 0 Å². The van der Waals surface area contributed by atoms with E-state index >= 15 is 0 Å². The Bertz CT molecular complexity index is 668. The third kappa shape index (κ3) is 3.67.